The van der Waals surface area contributed by atoms with Crippen LogP contribution in [0.5, 0.6) is 0 Å². The van der Waals surface area contributed by atoms with Crippen molar-refractivity contribution < 1.29 is 22.5 Å². The fourth-order valence-electron chi connectivity index (χ4n) is 3.11. The number of amides is 1. The number of aromatic nitrogens is 3. The Kier molecular flexibility index (Phi) is 4.49. The molecule has 26 heavy (non-hydrogen) atoms. The highest BCUT2D eigenvalue weighted by molar-refractivity contribution is 5.80. The molecule has 1 amide bonds. The number of carbonyl (C=O) groups excluding carboxylic acids is 1. The zero-order valence-corrected chi connectivity index (χ0v) is 14.6. The molecule has 1 aliphatic rings. The van der Waals surface area contributed by atoms with E-state index >= 15 is 0 Å². The maximum atomic E-state index is 12.8. The van der Waals surface area contributed by atoms with Gasteiger partial charge in [-0.3, -0.25) is 9.78 Å². The van der Waals surface area contributed by atoms with Crippen molar-refractivity contribution in [3.8, 4) is 11.4 Å². The summed E-state index contributed by atoms with van der Waals surface area (Å²) >= 11 is 0. The molecule has 140 valence electrons. The van der Waals surface area contributed by atoms with Crippen molar-refractivity contribution in [3.05, 3.63) is 29.9 Å². The molecule has 2 aromatic heterocycles. The third-order valence-corrected chi connectivity index (χ3v) is 4.45. The Balaban J connectivity index is 1.69. The van der Waals surface area contributed by atoms with Gasteiger partial charge in [0.15, 0.2) is 0 Å². The fraction of sp³-hybridized carbons (Fsp3) is 0.529. The minimum Gasteiger partial charge on any atom is -0.344 e. The van der Waals surface area contributed by atoms with E-state index in [2.05, 4.69) is 34.3 Å². The zero-order chi connectivity index (χ0) is 19.1. The van der Waals surface area contributed by atoms with Gasteiger partial charge < -0.3 is 9.84 Å². The number of hydrogen-bond acceptors (Lipinski definition) is 5. The Hall–Kier alpha value is -2.45. The first-order valence-corrected chi connectivity index (χ1v) is 8.23. The quantitative estimate of drug-likeness (QED) is 0.889. The molecule has 9 heteroatoms. The lowest BCUT2D eigenvalue weighted by Crippen LogP contribution is -2.43. The molecule has 0 bridgehead atoms. The molecule has 0 radical (unpaired) electrons. The fourth-order valence-corrected chi connectivity index (χ4v) is 3.11. The molecule has 0 saturated heterocycles. The highest BCUT2D eigenvalue weighted by Crippen LogP contribution is 2.44. The van der Waals surface area contributed by atoms with Crippen LogP contribution in [0, 0.1) is 11.3 Å². The van der Waals surface area contributed by atoms with Gasteiger partial charge in [0.05, 0.1) is 0 Å². The summed E-state index contributed by atoms with van der Waals surface area (Å²) in [4.78, 5) is 19.6. The van der Waals surface area contributed by atoms with Crippen LogP contribution >= 0.6 is 0 Å². The molecule has 6 nitrogen and oxygen atoms in total. The average molecular weight is 368 g/mol. The lowest BCUT2D eigenvalue weighted by atomic mass is 9.64. The Morgan fingerprint density at radius 1 is 1.38 bits per heavy atom. The van der Waals surface area contributed by atoms with Gasteiger partial charge >= 0.3 is 6.18 Å². The first-order chi connectivity index (χ1) is 12.0. The van der Waals surface area contributed by atoms with Crippen LogP contribution in [-0.2, 0) is 11.0 Å². The Labute approximate surface area is 148 Å². The first-order valence-electron chi connectivity index (χ1n) is 8.23. The molecule has 1 atom stereocenters. The summed E-state index contributed by atoms with van der Waals surface area (Å²) in [7, 11) is 0. The van der Waals surface area contributed by atoms with Crippen molar-refractivity contribution in [1.82, 2.24) is 20.4 Å². The van der Waals surface area contributed by atoms with Gasteiger partial charge in [0.1, 0.15) is 11.7 Å². The smallest absolute Gasteiger partial charge is 0.344 e. The van der Waals surface area contributed by atoms with E-state index < -0.39 is 17.9 Å². The number of alkyl halides is 3. The van der Waals surface area contributed by atoms with Gasteiger partial charge in [0, 0.05) is 17.7 Å². The standard InChI is InChI=1S/C17H19F3N4O2/c1-9(22-14(25)11-7-16(2,3)8-11)15-23-13(24-26-15)10-4-5-21-12(6-10)17(18,19)20/h4-6,9,11H,7-8H2,1-3H3,(H,22,25)/t9-/m0/s1. The minimum atomic E-state index is -4.56. The molecule has 2 heterocycles. The molecule has 1 saturated carbocycles. The molecule has 1 aliphatic carbocycles. The van der Waals surface area contributed by atoms with E-state index in [0.29, 0.717) is 0 Å². The summed E-state index contributed by atoms with van der Waals surface area (Å²) in [6.07, 6.45) is -1.88. The van der Waals surface area contributed by atoms with Gasteiger partial charge in [-0.25, -0.2) is 0 Å². The van der Waals surface area contributed by atoms with E-state index in [1.165, 1.54) is 6.07 Å². The summed E-state index contributed by atoms with van der Waals surface area (Å²) in [6, 6.07) is 1.69. The number of pyridine rings is 1. The van der Waals surface area contributed by atoms with E-state index in [-0.39, 0.29) is 34.5 Å². The monoisotopic (exact) mass is 368 g/mol. The predicted octanol–water partition coefficient (Wildman–Crippen LogP) is 3.76. The van der Waals surface area contributed by atoms with E-state index in [4.69, 9.17) is 4.52 Å². The van der Waals surface area contributed by atoms with Crippen LogP contribution in [0.2, 0.25) is 0 Å². The number of halogens is 3. The highest BCUT2D eigenvalue weighted by atomic mass is 19.4. The molecular weight excluding hydrogens is 349 g/mol. The molecule has 0 unspecified atom stereocenters. The van der Waals surface area contributed by atoms with E-state index in [9.17, 15) is 18.0 Å². The number of hydrogen-bond donors (Lipinski definition) is 1. The van der Waals surface area contributed by atoms with E-state index in [1.54, 1.807) is 6.92 Å². The Morgan fingerprint density at radius 3 is 2.69 bits per heavy atom. The van der Waals surface area contributed by atoms with Crippen LogP contribution in [0.3, 0.4) is 0 Å². The molecule has 0 aromatic carbocycles. The highest BCUT2D eigenvalue weighted by Gasteiger charge is 2.40. The minimum absolute atomic E-state index is 0.0128. The van der Waals surface area contributed by atoms with Crippen molar-refractivity contribution in [2.24, 2.45) is 11.3 Å². The molecule has 1 fully saturated rings. The SMILES string of the molecule is C[C@H](NC(=O)C1CC(C)(C)C1)c1nc(-c2ccnc(C(F)(F)F)c2)no1. The van der Waals surface area contributed by atoms with Gasteiger partial charge in [-0.15, -0.1) is 0 Å². The predicted molar refractivity (Wildman–Crippen MR) is 85.6 cm³/mol. The summed E-state index contributed by atoms with van der Waals surface area (Å²) in [6.45, 7) is 5.90. The van der Waals surface area contributed by atoms with Gasteiger partial charge in [0.2, 0.25) is 17.6 Å². The lowest BCUT2D eigenvalue weighted by Gasteiger charge is -2.41. The Bertz CT molecular complexity index is 808. The van der Waals surface area contributed by atoms with Crippen LogP contribution in [0.1, 0.15) is 51.2 Å². The Morgan fingerprint density at radius 2 is 2.08 bits per heavy atom. The molecule has 0 spiro atoms. The first kappa shape index (κ1) is 18.3. The summed E-state index contributed by atoms with van der Waals surface area (Å²) in [5.41, 5.74) is -0.711. The zero-order valence-electron chi connectivity index (χ0n) is 14.6. The van der Waals surface area contributed by atoms with Gasteiger partial charge in [0.25, 0.3) is 0 Å². The number of carbonyl (C=O) groups is 1. The summed E-state index contributed by atoms with van der Waals surface area (Å²) in [5, 5.41) is 6.52. The van der Waals surface area contributed by atoms with Gasteiger partial charge in [-0.1, -0.05) is 19.0 Å². The van der Waals surface area contributed by atoms with Crippen LogP contribution in [0.25, 0.3) is 11.4 Å². The van der Waals surface area contributed by atoms with Crippen molar-refractivity contribution in [3.63, 3.8) is 0 Å². The topological polar surface area (TPSA) is 80.9 Å². The molecule has 3 rings (SSSR count). The van der Waals surface area contributed by atoms with Crippen LogP contribution < -0.4 is 5.32 Å². The normalized spacial score (nSPS) is 18.2. The molecule has 2 aromatic rings. The molecule has 0 aliphatic heterocycles. The second kappa shape index (κ2) is 6.37. The van der Waals surface area contributed by atoms with Gasteiger partial charge in [-0.05, 0) is 37.3 Å². The third kappa shape index (κ3) is 3.86. The van der Waals surface area contributed by atoms with Crippen LogP contribution in [-0.4, -0.2) is 21.0 Å². The second-order valence-corrected chi connectivity index (χ2v) is 7.38. The van der Waals surface area contributed by atoms with Crippen molar-refractivity contribution in [2.45, 2.75) is 45.8 Å². The van der Waals surface area contributed by atoms with Crippen LogP contribution in [0.15, 0.2) is 22.9 Å². The number of nitrogens with one attached hydrogen (secondary N) is 1. The van der Waals surface area contributed by atoms with E-state index in [0.717, 1.165) is 25.1 Å². The summed E-state index contributed by atoms with van der Waals surface area (Å²) < 4.78 is 43.4. The van der Waals surface area contributed by atoms with Crippen LogP contribution in [0.4, 0.5) is 13.2 Å². The van der Waals surface area contributed by atoms with Crippen molar-refractivity contribution >= 4 is 5.91 Å². The maximum absolute atomic E-state index is 12.8. The van der Waals surface area contributed by atoms with Crippen molar-refractivity contribution in [2.75, 3.05) is 0 Å². The lowest BCUT2D eigenvalue weighted by molar-refractivity contribution is -0.141. The average Bonchev–Trinajstić information content (AvgIpc) is 3.02. The largest absolute Gasteiger partial charge is 0.433 e. The van der Waals surface area contributed by atoms with Crippen molar-refractivity contribution in [1.29, 1.82) is 0 Å². The maximum Gasteiger partial charge on any atom is 0.433 e. The third-order valence-electron chi connectivity index (χ3n) is 4.45. The number of rotatable bonds is 4. The van der Waals surface area contributed by atoms with Gasteiger partial charge in [-0.2, -0.15) is 18.2 Å². The molecule has 1 N–H and O–H groups in total. The number of nitrogens with zero attached hydrogens (tertiary/aromatic N) is 3. The second-order valence-electron chi connectivity index (χ2n) is 7.38. The molecular formula is C17H19F3N4O2. The summed E-state index contributed by atoms with van der Waals surface area (Å²) in [5.74, 6) is 0.0281. The van der Waals surface area contributed by atoms with E-state index in [1.807, 2.05) is 0 Å².